The van der Waals surface area contributed by atoms with E-state index >= 15 is 0 Å². The third-order valence-corrected chi connectivity index (χ3v) is 6.30. The number of methoxy groups -OCH3 is 1. The van der Waals surface area contributed by atoms with E-state index in [0.29, 0.717) is 26.2 Å². The van der Waals surface area contributed by atoms with Gasteiger partial charge in [0, 0.05) is 37.1 Å². The van der Waals surface area contributed by atoms with E-state index in [1.165, 1.54) is 0 Å². The van der Waals surface area contributed by atoms with Crippen LogP contribution in [0.4, 0.5) is 0 Å². The zero-order valence-corrected chi connectivity index (χ0v) is 17.2. The Labute approximate surface area is 176 Å². The van der Waals surface area contributed by atoms with Crippen LogP contribution >= 0.6 is 11.6 Å². The molecular formula is C23H24ClN3O2. The standard InChI is InChI=1S/C23H24ClN3O2/c1-29-17-8-6-16(7-9-17)22(15-25)26-10-12-27(13-11-26)23(28)20-14-19(20)18-4-2-3-5-21(18)24/h2-9,19-20,22H,10-14H2,1H3. The normalized spacial score (nSPS) is 22.6. The molecule has 2 aromatic rings. The Kier molecular flexibility index (Phi) is 5.75. The van der Waals surface area contributed by atoms with Crippen molar-refractivity contribution in [1.29, 1.82) is 5.26 Å². The molecule has 0 bridgehead atoms. The van der Waals surface area contributed by atoms with Gasteiger partial charge >= 0.3 is 0 Å². The number of piperazine rings is 1. The molecule has 4 rings (SSSR count). The highest BCUT2D eigenvalue weighted by Gasteiger charge is 2.47. The summed E-state index contributed by atoms with van der Waals surface area (Å²) < 4.78 is 5.20. The molecule has 1 saturated carbocycles. The van der Waals surface area contributed by atoms with Crippen LogP contribution in [-0.2, 0) is 4.79 Å². The van der Waals surface area contributed by atoms with Gasteiger partial charge in [-0.1, -0.05) is 41.9 Å². The number of hydrogen-bond acceptors (Lipinski definition) is 4. The lowest BCUT2D eigenvalue weighted by atomic mass is 10.0. The molecular weight excluding hydrogens is 386 g/mol. The zero-order valence-electron chi connectivity index (χ0n) is 16.4. The van der Waals surface area contributed by atoms with E-state index in [9.17, 15) is 10.1 Å². The molecule has 2 fully saturated rings. The quantitative estimate of drug-likeness (QED) is 0.752. The van der Waals surface area contributed by atoms with E-state index in [4.69, 9.17) is 16.3 Å². The maximum atomic E-state index is 12.9. The van der Waals surface area contributed by atoms with Crippen LogP contribution in [0.1, 0.15) is 29.5 Å². The number of rotatable bonds is 5. The predicted octanol–water partition coefficient (Wildman–Crippen LogP) is 3.86. The van der Waals surface area contributed by atoms with Gasteiger partial charge in [-0.25, -0.2) is 0 Å². The second-order valence-corrected chi connectivity index (χ2v) is 8.04. The summed E-state index contributed by atoms with van der Waals surface area (Å²) in [4.78, 5) is 17.0. The SMILES string of the molecule is COc1ccc(C(C#N)N2CCN(C(=O)C3CC3c3ccccc3Cl)CC2)cc1. The molecule has 29 heavy (non-hydrogen) atoms. The first-order chi connectivity index (χ1) is 14.1. The summed E-state index contributed by atoms with van der Waals surface area (Å²) in [6, 6.07) is 17.5. The largest absolute Gasteiger partial charge is 0.497 e. The first kappa shape index (κ1) is 19.8. The molecule has 1 aliphatic carbocycles. The molecule has 1 heterocycles. The summed E-state index contributed by atoms with van der Waals surface area (Å²) in [7, 11) is 1.63. The molecule has 3 atom stereocenters. The number of nitrogens with zero attached hydrogens (tertiary/aromatic N) is 3. The first-order valence-corrected chi connectivity index (χ1v) is 10.3. The van der Waals surface area contributed by atoms with Crippen molar-refractivity contribution in [2.45, 2.75) is 18.4 Å². The lowest BCUT2D eigenvalue weighted by molar-refractivity contribution is -0.134. The molecule has 0 aromatic heterocycles. The van der Waals surface area contributed by atoms with Crippen LogP contribution in [0.3, 0.4) is 0 Å². The fourth-order valence-corrected chi connectivity index (χ4v) is 4.45. The van der Waals surface area contributed by atoms with Gasteiger partial charge in [0.15, 0.2) is 0 Å². The summed E-state index contributed by atoms with van der Waals surface area (Å²) in [5.74, 6) is 1.26. The van der Waals surface area contributed by atoms with Crippen LogP contribution in [0, 0.1) is 17.2 Å². The van der Waals surface area contributed by atoms with E-state index < -0.39 is 0 Å². The Morgan fingerprint density at radius 3 is 2.45 bits per heavy atom. The van der Waals surface area contributed by atoms with Crippen LogP contribution in [0.15, 0.2) is 48.5 Å². The average Bonchev–Trinajstić information content (AvgIpc) is 3.56. The number of halogens is 1. The summed E-state index contributed by atoms with van der Waals surface area (Å²) in [6.45, 7) is 2.69. The fourth-order valence-electron chi connectivity index (χ4n) is 4.18. The maximum Gasteiger partial charge on any atom is 0.226 e. The van der Waals surface area contributed by atoms with Gasteiger partial charge in [0.1, 0.15) is 11.8 Å². The zero-order chi connectivity index (χ0) is 20.4. The average molecular weight is 410 g/mol. The van der Waals surface area contributed by atoms with Crippen molar-refractivity contribution in [3.63, 3.8) is 0 Å². The highest BCUT2D eigenvalue weighted by molar-refractivity contribution is 6.31. The molecule has 2 aromatic carbocycles. The summed E-state index contributed by atoms with van der Waals surface area (Å²) in [5, 5.41) is 10.4. The number of ether oxygens (including phenoxy) is 1. The van der Waals surface area contributed by atoms with E-state index in [2.05, 4.69) is 11.0 Å². The molecule has 0 spiro atoms. The molecule has 1 saturated heterocycles. The lowest BCUT2D eigenvalue weighted by Crippen LogP contribution is -2.50. The first-order valence-electron chi connectivity index (χ1n) is 9.93. The highest BCUT2D eigenvalue weighted by atomic mass is 35.5. The summed E-state index contributed by atoms with van der Waals surface area (Å²) in [6.07, 6.45) is 0.870. The van der Waals surface area contributed by atoms with Crippen LogP contribution in [0.25, 0.3) is 0 Å². The Morgan fingerprint density at radius 1 is 1.14 bits per heavy atom. The third-order valence-electron chi connectivity index (χ3n) is 5.96. The number of nitriles is 1. The van der Waals surface area contributed by atoms with E-state index in [0.717, 1.165) is 28.3 Å². The van der Waals surface area contributed by atoms with Crippen LogP contribution in [0.2, 0.25) is 5.02 Å². The smallest absolute Gasteiger partial charge is 0.226 e. The molecule has 0 radical (unpaired) electrons. The number of benzene rings is 2. The molecule has 0 N–H and O–H groups in total. The molecule has 1 aliphatic heterocycles. The van der Waals surface area contributed by atoms with Gasteiger partial charge in [-0.2, -0.15) is 5.26 Å². The van der Waals surface area contributed by atoms with E-state index in [1.54, 1.807) is 7.11 Å². The molecule has 5 nitrogen and oxygen atoms in total. The molecule has 2 aliphatic rings. The second kappa shape index (κ2) is 8.44. The monoisotopic (exact) mass is 409 g/mol. The van der Waals surface area contributed by atoms with E-state index in [-0.39, 0.29) is 23.8 Å². The van der Waals surface area contributed by atoms with E-state index in [1.807, 2.05) is 53.4 Å². The minimum atomic E-state index is -0.310. The molecule has 6 heteroatoms. The van der Waals surface area contributed by atoms with Gasteiger partial charge in [0.2, 0.25) is 5.91 Å². The number of carbonyl (C=O) groups is 1. The minimum absolute atomic E-state index is 0.0369. The Hall–Kier alpha value is -2.55. The number of carbonyl (C=O) groups excluding carboxylic acids is 1. The van der Waals surface area contributed by atoms with Crippen molar-refractivity contribution >= 4 is 17.5 Å². The van der Waals surface area contributed by atoms with Crippen molar-refractivity contribution in [1.82, 2.24) is 9.80 Å². The third kappa shape index (κ3) is 4.10. The van der Waals surface area contributed by atoms with Crippen molar-refractivity contribution in [2.75, 3.05) is 33.3 Å². The second-order valence-electron chi connectivity index (χ2n) is 7.64. The van der Waals surface area contributed by atoms with Gasteiger partial charge in [-0.05, 0) is 41.7 Å². The molecule has 1 amide bonds. The van der Waals surface area contributed by atoms with Gasteiger partial charge in [-0.3, -0.25) is 9.69 Å². The lowest BCUT2D eigenvalue weighted by Gasteiger charge is -2.37. The van der Waals surface area contributed by atoms with Crippen LogP contribution in [-0.4, -0.2) is 49.0 Å². The van der Waals surface area contributed by atoms with Gasteiger partial charge in [0.05, 0.1) is 13.2 Å². The Morgan fingerprint density at radius 2 is 1.83 bits per heavy atom. The fraction of sp³-hybridized carbons (Fsp3) is 0.391. The minimum Gasteiger partial charge on any atom is -0.497 e. The topological polar surface area (TPSA) is 56.6 Å². The van der Waals surface area contributed by atoms with Crippen molar-refractivity contribution < 1.29 is 9.53 Å². The van der Waals surface area contributed by atoms with Crippen LogP contribution < -0.4 is 4.74 Å². The van der Waals surface area contributed by atoms with Gasteiger partial charge < -0.3 is 9.64 Å². The highest BCUT2D eigenvalue weighted by Crippen LogP contribution is 2.50. The Bertz CT molecular complexity index is 916. The number of amides is 1. The van der Waals surface area contributed by atoms with Crippen molar-refractivity contribution in [3.05, 3.63) is 64.7 Å². The van der Waals surface area contributed by atoms with Gasteiger partial charge in [0.25, 0.3) is 0 Å². The number of hydrogen-bond donors (Lipinski definition) is 0. The molecule has 3 unspecified atom stereocenters. The predicted molar refractivity (Wildman–Crippen MR) is 112 cm³/mol. The van der Waals surface area contributed by atoms with Crippen molar-refractivity contribution in [2.24, 2.45) is 5.92 Å². The molecule has 150 valence electrons. The van der Waals surface area contributed by atoms with Gasteiger partial charge in [-0.15, -0.1) is 0 Å². The summed E-state index contributed by atoms with van der Waals surface area (Å²) >= 11 is 6.29. The maximum absolute atomic E-state index is 12.9. The Balaban J connectivity index is 1.35. The summed E-state index contributed by atoms with van der Waals surface area (Å²) in [5.41, 5.74) is 2.03. The van der Waals surface area contributed by atoms with Crippen molar-refractivity contribution in [3.8, 4) is 11.8 Å². The van der Waals surface area contributed by atoms with Crippen LogP contribution in [0.5, 0.6) is 5.75 Å².